The second-order valence-electron chi connectivity index (χ2n) is 4.26. The summed E-state index contributed by atoms with van der Waals surface area (Å²) in [6.45, 7) is 0.998. The van der Waals surface area contributed by atoms with E-state index >= 15 is 0 Å². The third-order valence-corrected chi connectivity index (χ3v) is 2.90. The maximum Gasteiger partial charge on any atom is 0.224 e. The molecule has 3 nitrogen and oxygen atoms in total. The highest BCUT2D eigenvalue weighted by Crippen LogP contribution is 2.23. The lowest BCUT2D eigenvalue weighted by Gasteiger charge is -2.16. The van der Waals surface area contributed by atoms with Crippen molar-refractivity contribution in [2.45, 2.75) is 19.3 Å². The number of carbonyl (C=O) groups excluding carboxylic acids is 1. The SMILES string of the molecule is CNCCC=Cc1ccc2c(c1)CCC(=O)N2. The molecule has 3 heteroatoms. The van der Waals surface area contributed by atoms with E-state index < -0.39 is 0 Å². The summed E-state index contributed by atoms with van der Waals surface area (Å²) in [6.07, 6.45) is 6.78. The fourth-order valence-corrected chi connectivity index (χ4v) is 1.95. The zero-order chi connectivity index (χ0) is 12.1. The van der Waals surface area contributed by atoms with Gasteiger partial charge in [0.25, 0.3) is 0 Å². The summed E-state index contributed by atoms with van der Waals surface area (Å²) in [4.78, 5) is 11.2. The molecule has 0 atom stereocenters. The summed E-state index contributed by atoms with van der Waals surface area (Å²) >= 11 is 0. The molecule has 0 aliphatic carbocycles. The Kier molecular flexibility index (Phi) is 3.94. The van der Waals surface area contributed by atoms with E-state index in [-0.39, 0.29) is 5.91 Å². The highest BCUT2D eigenvalue weighted by Gasteiger charge is 2.13. The molecule has 1 aliphatic heterocycles. The first-order valence-electron chi connectivity index (χ1n) is 6.03. The monoisotopic (exact) mass is 230 g/mol. The van der Waals surface area contributed by atoms with E-state index in [1.54, 1.807) is 0 Å². The molecule has 2 rings (SSSR count). The molecule has 1 aromatic carbocycles. The van der Waals surface area contributed by atoms with Crippen molar-refractivity contribution in [1.82, 2.24) is 5.32 Å². The number of rotatable bonds is 4. The Hall–Kier alpha value is -1.61. The Bertz CT molecular complexity index is 438. The van der Waals surface area contributed by atoms with Crippen molar-refractivity contribution >= 4 is 17.7 Å². The van der Waals surface area contributed by atoms with E-state index in [1.165, 1.54) is 11.1 Å². The van der Waals surface area contributed by atoms with Crippen molar-refractivity contribution in [2.24, 2.45) is 0 Å². The van der Waals surface area contributed by atoms with E-state index in [0.29, 0.717) is 6.42 Å². The van der Waals surface area contributed by atoms with E-state index in [4.69, 9.17) is 0 Å². The van der Waals surface area contributed by atoms with E-state index in [9.17, 15) is 4.79 Å². The molecule has 0 spiro atoms. The van der Waals surface area contributed by atoms with Crippen molar-refractivity contribution in [3.05, 3.63) is 35.4 Å². The molecule has 1 heterocycles. The molecule has 1 aromatic rings. The second kappa shape index (κ2) is 5.64. The van der Waals surface area contributed by atoms with Gasteiger partial charge in [0.2, 0.25) is 5.91 Å². The fourth-order valence-electron chi connectivity index (χ4n) is 1.95. The van der Waals surface area contributed by atoms with Gasteiger partial charge in [-0.3, -0.25) is 4.79 Å². The van der Waals surface area contributed by atoms with Crippen molar-refractivity contribution in [1.29, 1.82) is 0 Å². The lowest BCUT2D eigenvalue weighted by Crippen LogP contribution is -2.18. The number of benzene rings is 1. The molecular weight excluding hydrogens is 212 g/mol. The van der Waals surface area contributed by atoms with Crippen molar-refractivity contribution in [3.63, 3.8) is 0 Å². The first kappa shape index (κ1) is 11.9. The van der Waals surface area contributed by atoms with Crippen LogP contribution in [0.25, 0.3) is 6.08 Å². The smallest absolute Gasteiger partial charge is 0.224 e. The Balaban J connectivity index is 2.06. The minimum atomic E-state index is 0.120. The van der Waals surface area contributed by atoms with Crippen LogP contribution >= 0.6 is 0 Å². The largest absolute Gasteiger partial charge is 0.326 e. The van der Waals surface area contributed by atoms with Gasteiger partial charge in [-0.1, -0.05) is 18.2 Å². The Morgan fingerprint density at radius 2 is 2.29 bits per heavy atom. The molecule has 2 N–H and O–H groups in total. The van der Waals surface area contributed by atoms with Gasteiger partial charge in [-0.2, -0.15) is 0 Å². The van der Waals surface area contributed by atoms with Gasteiger partial charge in [-0.15, -0.1) is 0 Å². The summed E-state index contributed by atoms with van der Waals surface area (Å²) < 4.78 is 0. The third-order valence-electron chi connectivity index (χ3n) is 2.90. The molecule has 0 radical (unpaired) electrons. The minimum absolute atomic E-state index is 0.120. The molecule has 17 heavy (non-hydrogen) atoms. The van der Waals surface area contributed by atoms with Crippen molar-refractivity contribution in [3.8, 4) is 0 Å². The zero-order valence-electron chi connectivity index (χ0n) is 10.1. The molecule has 90 valence electrons. The van der Waals surface area contributed by atoms with Crippen LogP contribution in [-0.4, -0.2) is 19.5 Å². The average Bonchev–Trinajstić information content (AvgIpc) is 2.35. The first-order chi connectivity index (χ1) is 8.29. The number of hydrogen-bond acceptors (Lipinski definition) is 2. The van der Waals surface area contributed by atoms with Crippen LogP contribution < -0.4 is 10.6 Å². The molecule has 1 aliphatic rings. The Morgan fingerprint density at radius 3 is 3.12 bits per heavy atom. The quantitative estimate of drug-likeness (QED) is 0.778. The highest BCUT2D eigenvalue weighted by atomic mass is 16.1. The van der Waals surface area contributed by atoms with Crippen LogP contribution in [0.15, 0.2) is 24.3 Å². The number of nitrogens with one attached hydrogen (secondary N) is 2. The van der Waals surface area contributed by atoms with Gasteiger partial charge in [0.1, 0.15) is 0 Å². The lowest BCUT2D eigenvalue weighted by atomic mass is 10.0. The number of hydrogen-bond donors (Lipinski definition) is 2. The van der Waals surface area contributed by atoms with Gasteiger partial charge in [0, 0.05) is 12.1 Å². The summed E-state index contributed by atoms with van der Waals surface area (Å²) in [5.74, 6) is 0.120. The molecule has 0 saturated carbocycles. The normalized spacial score (nSPS) is 14.8. The summed E-state index contributed by atoms with van der Waals surface area (Å²) in [5.41, 5.74) is 3.41. The van der Waals surface area contributed by atoms with Crippen LogP contribution in [0.4, 0.5) is 5.69 Å². The number of fused-ring (bicyclic) bond motifs is 1. The number of amides is 1. The molecule has 0 saturated heterocycles. The van der Waals surface area contributed by atoms with Crippen molar-refractivity contribution in [2.75, 3.05) is 18.9 Å². The number of aryl methyl sites for hydroxylation is 1. The Morgan fingerprint density at radius 1 is 1.41 bits per heavy atom. The second-order valence-corrected chi connectivity index (χ2v) is 4.26. The Labute approximate surface area is 102 Å². The molecule has 1 amide bonds. The maximum atomic E-state index is 11.2. The van der Waals surface area contributed by atoms with E-state index in [2.05, 4.69) is 28.9 Å². The predicted molar refractivity (Wildman–Crippen MR) is 71.0 cm³/mol. The zero-order valence-corrected chi connectivity index (χ0v) is 10.1. The lowest BCUT2D eigenvalue weighted by molar-refractivity contribution is -0.116. The molecule has 0 aromatic heterocycles. The summed E-state index contributed by atoms with van der Waals surface area (Å²) in [5, 5.41) is 6.00. The van der Waals surface area contributed by atoms with Crippen LogP contribution in [0.3, 0.4) is 0 Å². The van der Waals surface area contributed by atoms with Gasteiger partial charge >= 0.3 is 0 Å². The maximum absolute atomic E-state index is 11.2. The minimum Gasteiger partial charge on any atom is -0.326 e. The van der Waals surface area contributed by atoms with Crippen LogP contribution in [-0.2, 0) is 11.2 Å². The standard InChI is InChI=1S/C14H18N2O/c1-15-9-3-2-4-11-5-7-13-12(10-11)6-8-14(17)16-13/h2,4-5,7,10,15H,3,6,8-9H2,1H3,(H,16,17). The van der Waals surface area contributed by atoms with Crippen LogP contribution in [0, 0.1) is 0 Å². The van der Waals surface area contributed by atoms with E-state index in [1.807, 2.05) is 19.2 Å². The summed E-state index contributed by atoms with van der Waals surface area (Å²) in [6, 6.07) is 6.19. The molecular formula is C14H18N2O. The fraction of sp³-hybridized carbons (Fsp3) is 0.357. The third kappa shape index (κ3) is 3.17. The average molecular weight is 230 g/mol. The number of anilines is 1. The van der Waals surface area contributed by atoms with Gasteiger partial charge in [0.05, 0.1) is 0 Å². The molecule has 0 unspecified atom stereocenters. The molecule has 0 fully saturated rings. The first-order valence-corrected chi connectivity index (χ1v) is 6.03. The van der Waals surface area contributed by atoms with Crippen molar-refractivity contribution < 1.29 is 4.79 Å². The summed E-state index contributed by atoms with van der Waals surface area (Å²) in [7, 11) is 1.95. The van der Waals surface area contributed by atoms with Gasteiger partial charge < -0.3 is 10.6 Å². The van der Waals surface area contributed by atoms with Crippen LogP contribution in [0.1, 0.15) is 24.0 Å². The topological polar surface area (TPSA) is 41.1 Å². The van der Waals surface area contributed by atoms with Crippen LogP contribution in [0.2, 0.25) is 0 Å². The van der Waals surface area contributed by atoms with Gasteiger partial charge in [-0.25, -0.2) is 0 Å². The van der Waals surface area contributed by atoms with Gasteiger partial charge in [0.15, 0.2) is 0 Å². The molecule has 0 bridgehead atoms. The highest BCUT2D eigenvalue weighted by molar-refractivity contribution is 5.94. The number of carbonyl (C=O) groups is 1. The predicted octanol–water partition coefficient (Wildman–Crippen LogP) is 2.19. The van der Waals surface area contributed by atoms with Crippen LogP contribution in [0.5, 0.6) is 0 Å². The van der Waals surface area contributed by atoms with Gasteiger partial charge in [-0.05, 0) is 49.7 Å². The van der Waals surface area contributed by atoms with E-state index in [0.717, 1.165) is 25.1 Å².